The van der Waals surface area contributed by atoms with Crippen LogP contribution in [-0.4, -0.2) is 17.1 Å². The first-order valence-corrected chi connectivity index (χ1v) is 5.90. The normalized spacial score (nSPS) is 10.1. The van der Waals surface area contributed by atoms with Gasteiger partial charge in [-0.15, -0.1) is 0 Å². The molecule has 0 unspecified atom stereocenters. The topological polar surface area (TPSA) is 85.1 Å². The molecule has 0 fully saturated rings. The van der Waals surface area contributed by atoms with Crippen LogP contribution in [0.15, 0.2) is 30.5 Å². The summed E-state index contributed by atoms with van der Waals surface area (Å²) in [5, 5.41) is 3.25. The molecule has 6 heteroatoms. The molecular formula is C13H17N5O. The fourth-order valence-electron chi connectivity index (χ4n) is 1.62. The third kappa shape index (κ3) is 3.32. The van der Waals surface area contributed by atoms with E-state index in [-0.39, 0.29) is 0 Å². The maximum Gasteiger partial charge on any atom is 0.239 e. The number of anilines is 2. The molecule has 0 aliphatic heterocycles. The first-order valence-electron chi connectivity index (χ1n) is 5.90. The average Bonchev–Trinajstić information content (AvgIpc) is 2.47. The Bertz CT molecular complexity index is 541. The van der Waals surface area contributed by atoms with Gasteiger partial charge in [0.05, 0.1) is 7.11 Å². The molecule has 0 aliphatic carbocycles. The minimum atomic E-state index is 0.392. The van der Waals surface area contributed by atoms with Crippen molar-refractivity contribution in [3.05, 3.63) is 41.6 Å². The lowest BCUT2D eigenvalue weighted by Gasteiger charge is -2.10. The van der Waals surface area contributed by atoms with E-state index < -0.39 is 0 Å². The van der Waals surface area contributed by atoms with Crippen LogP contribution in [0.3, 0.4) is 0 Å². The number of nitrogens with one attached hydrogen (secondary N) is 2. The van der Waals surface area contributed by atoms with Gasteiger partial charge >= 0.3 is 0 Å². The summed E-state index contributed by atoms with van der Waals surface area (Å²) in [6.07, 6.45) is 1.72. The van der Waals surface area contributed by atoms with E-state index in [0.29, 0.717) is 12.5 Å². The molecule has 19 heavy (non-hydrogen) atoms. The molecule has 0 bridgehead atoms. The third-order valence-corrected chi connectivity index (χ3v) is 2.72. The van der Waals surface area contributed by atoms with Gasteiger partial charge in [-0.1, -0.05) is 12.1 Å². The lowest BCUT2D eigenvalue weighted by molar-refractivity contribution is 0.414. The number of rotatable bonds is 5. The molecule has 1 heterocycles. The van der Waals surface area contributed by atoms with Crippen molar-refractivity contribution in [3.8, 4) is 5.75 Å². The molecule has 1 aromatic heterocycles. The van der Waals surface area contributed by atoms with Crippen LogP contribution in [0.2, 0.25) is 0 Å². The zero-order valence-electron chi connectivity index (χ0n) is 11.0. The lowest BCUT2D eigenvalue weighted by Crippen LogP contribution is -2.12. The SMILES string of the molecule is COc1ccc(CNc2nc(NN)ncc2C)cc1. The summed E-state index contributed by atoms with van der Waals surface area (Å²) in [5.74, 6) is 7.29. The highest BCUT2D eigenvalue weighted by atomic mass is 16.5. The summed E-state index contributed by atoms with van der Waals surface area (Å²) in [5.41, 5.74) is 4.53. The van der Waals surface area contributed by atoms with E-state index in [0.717, 1.165) is 22.7 Å². The van der Waals surface area contributed by atoms with Gasteiger partial charge in [0.1, 0.15) is 11.6 Å². The van der Waals surface area contributed by atoms with Gasteiger partial charge in [0.15, 0.2) is 0 Å². The minimum absolute atomic E-state index is 0.392. The molecule has 6 nitrogen and oxygen atoms in total. The Hall–Kier alpha value is -2.34. The highest BCUT2D eigenvalue weighted by molar-refractivity contribution is 5.46. The summed E-state index contributed by atoms with van der Waals surface area (Å²) in [7, 11) is 1.65. The van der Waals surface area contributed by atoms with Crippen LogP contribution in [0.4, 0.5) is 11.8 Å². The first kappa shape index (κ1) is 13.1. The Balaban J connectivity index is 2.05. The fourth-order valence-corrected chi connectivity index (χ4v) is 1.62. The van der Waals surface area contributed by atoms with Crippen molar-refractivity contribution in [2.24, 2.45) is 5.84 Å². The maximum absolute atomic E-state index is 5.29. The Labute approximate surface area is 112 Å². The largest absolute Gasteiger partial charge is 0.497 e. The molecule has 0 saturated carbocycles. The van der Waals surface area contributed by atoms with Gasteiger partial charge in [0, 0.05) is 18.3 Å². The Kier molecular flexibility index (Phi) is 4.15. The van der Waals surface area contributed by atoms with Crippen molar-refractivity contribution in [1.29, 1.82) is 0 Å². The molecule has 2 aromatic rings. The molecule has 100 valence electrons. The number of methoxy groups -OCH3 is 1. The molecule has 4 N–H and O–H groups in total. The maximum atomic E-state index is 5.29. The number of nitrogens with two attached hydrogens (primary N) is 1. The summed E-state index contributed by atoms with van der Waals surface area (Å²) in [6, 6.07) is 7.86. The second-order valence-corrected chi connectivity index (χ2v) is 4.07. The van der Waals surface area contributed by atoms with Crippen LogP contribution in [0.25, 0.3) is 0 Å². The van der Waals surface area contributed by atoms with E-state index in [1.807, 2.05) is 31.2 Å². The summed E-state index contributed by atoms with van der Waals surface area (Å²) in [4.78, 5) is 8.29. The molecule has 0 radical (unpaired) electrons. The molecule has 0 spiro atoms. The highest BCUT2D eigenvalue weighted by Crippen LogP contribution is 2.15. The van der Waals surface area contributed by atoms with E-state index in [4.69, 9.17) is 10.6 Å². The van der Waals surface area contributed by atoms with Gasteiger partial charge in [-0.05, 0) is 24.6 Å². The lowest BCUT2D eigenvalue weighted by atomic mass is 10.2. The zero-order chi connectivity index (χ0) is 13.7. The van der Waals surface area contributed by atoms with Gasteiger partial charge in [0.25, 0.3) is 0 Å². The van der Waals surface area contributed by atoms with E-state index in [1.54, 1.807) is 13.3 Å². The Morgan fingerprint density at radius 3 is 2.63 bits per heavy atom. The van der Waals surface area contributed by atoms with Crippen LogP contribution < -0.4 is 21.3 Å². The quantitative estimate of drug-likeness (QED) is 0.559. The van der Waals surface area contributed by atoms with Gasteiger partial charge < -0.3 is 10.1 Å². The monoisotopic (exact) mass is 259 g/mol. The number of hydrogen-bond donors (Lipinski definition) is 3. The van der Waals surface area contributed by atoms with Crippen molar-refractivity contribution in [1.82, 2.24) is 9.97 Å². The molecule has 2 rings (SSSR count). The van der Waals surface area contributed by atoms with Gasteiger partial charge in [-0.2, -0.15) is 4.98 Å². The molecule has 1 aromatic carbocycles. The predicted octanol–water partition coefficient (Wildman–Crippen LogP) is 1.69. The molecule has 0 aliphatic rings. The van der Waals surface area contributed by atoms with Gasteiger partial charge in [-0.3, -0.25) is 5.43 Å². The average molecular weight is 259 g/mol. The predicted molar refractivity (Wildman–Crippen MR) is 74.9 cm³/mol. The number of nitrogen functional groups attached to an aromatic ring is 1. The number of benzene rings is 1. The van der Waals surface area contributed by atoms with Gasteiger partial charge in [-0.25, -0.2) is 10.8 Å². The number of ether oxygens (including phenoxy) is 1. The van der Waals surface area contributed by atoms with Crippen LogP contribution >= 0.6 is 0 Å². The Morgan fingerprint density at radius 1 is 1.26 bits per heavy atom. The Morgan fingerprint density at radius 2 is 2.00 bits per heavy atom. The van der Waals surface area contributed by atoms with Crippen LogP contribution in [-0.2, 0) is 6.54 Å². The summed E-state index contributed by atoms with van der Waals surface area (Å²) < 4.78 is 5.12. The smallest absolute Gasteiger partial charge is 0.239 e. The molecular weight excluding hydrogens is 242 g/mol. The summed E-state index contributed by atoms with van der Waals surface area (Å²) >= 11 is 0. The second-order valence-electron chi connectivity index (χ2n) is 4.07. The summed E-state index contributed by atoms with van der Waals surface area (Å²) in [6.45, 7) is 2.61. The zero-order valence-corrected chi connectivity index (χ0v) is 11.0. The van der Waals surface area contributed by atoms with Crippen molar-refractivity contribution in [3.63, 3.8) is 0 Å². The van der Waals surface area contributed by atoms with E-state index in [1.165, 1.54) is 0 Å². The number of aryl methyl sites for hydroxylation is 1. The molecule has 0 atom stereocenters. The van der Waals surface area contributed by atoms with Crippen molar-refractivity contribution in [2.45, 2.75) is 13.5 Å². The van der Waals surface area contributed by atoms with Crippen LogP contribution in [0.1, 0.15) is 11.1 Å². The number of hydrogen-bond acceptors (Lipinski definition) is 6. The van der Waals surface area contributed by atoms with E-state index in [2.05, 4.69) is 20.7 Å². The first-order chi connectivity index (χ1) is 9.22. The minimum Gasteiger partial charge on any atom is -0.497 e. The molecule has 0 amide bonds. The third-order valence-electron chi connectivity index (χ3n) is 2.72. The fraction of sp³-hybridized carbons (Fsp3) is 0.231. The van der Waals surface area contributed by atoms with Crippen molar-refractivity contribution < 1.29 is 4.74 Å². The number of aromatic nitrogens is 2. The molecule has 0 saturated heterocycles. The van der Waals surface area contributed by atoms with Crippen molar-refractivity contribution >= 4 is 11.8 Å². The van der Waals surface area contributed by atoms with Gasteiger partial charge in [0.2, 0.25) is 5.95 Å². The van der Waals surface area contributed by atoms with E-state index in [9.17, 15) is 0 Å². The van der Waals surface area contributed by atoms with E-state index >= 15 is 0 Å². The number of nitrogens with zero attached hydrogens (tertiary/aromatic N) is 2. The van der Waals surface area contributed by atoms with Crippen LogP contribution in [0.5, 0.6) is 5.75 Å². The highest BCUT2D eigenvalue weighted by Gasteiger charge is 2.03. The van der Waals surface area contributed by atoms with Crippen molar-refractivity contribution in [2.75, 3.05) is 17.9 Å². The van der Waals surface area contributed by atoms with Crippen LogP contribution in [0, 0.1) is 6.92 Å². The number of hydrazine groups is 1. The second kappa shape index (κ2) is 6.01. The standard InChI is InChI=1S/C13H17N5O/c1-9-7-16-13(18-14)17-12(9)15-8-10-3-5-11(19-2)6-4-10/h3-7H,8,14H2,1-2H3,(H2,15,16,17,18).